The van der Waals surface area contributed by atoms with E-state index in [-0.39, 0.29) is 5.91 Å². The van der Waals surface area contributed by atoms with Gasteiger partial charge < -0.3 is 10.1 Å². The third kappa shape index (κ3) is 6.75. The molecule has 1 N–H and O–H groups in total. The number of nitrogens with one attached hydrogen (secondary N) is 1. The van der Waals surface area contributed by atoms with Crippen LogP contribution < -0.4 is 5.32 Å². The Morgan fingerprint density at radius 3 is 2.48 bits per heavy atom. The number of aromatic nitrogens is 2. The molecule has 2 rings (SSSR count). The lowest BCUT2D eigenvalue weighted by atomic mass is 10.1. The average molecular weight is 418 g/mol. The zero-order valence-corrected chi connectivity index (χ0v) is 18.3. The van der Waals surface area contributed by atoms with Gasteiger partial charge >= 0.3 is 5.97 Å². The summed E-state index contributed by atoms with van der Waals surface area (Å²) >= 11 is 6.36. The van der Waals surface area contributed by atoms with E-state index in [1.165, 1.54) is 13.0 Å². The van der Waals surface area contributed by atoms with E-state index in [4.69, 9.17) is 16.3 Å². The first-order valence-corrected chi connectivity index (χ1v) is 10.00. The molecule has 0 radical (unpaired) electrons. The van der Waals surface area contributed by atoms with Crippen molar-refractivity contribution in [2.45, 2.75) is 53.8 Å². The van der Waals surface area contributed by atoms with Crippen LogP contribution in [0.15, 0.2) is 30.3 Å². The second-order valence-electron chi connectivity index (χ2n) is 7.48. The molecule has 0 bridgehead atoms. The third-order valence-electron chi connectivity index (χ3n) is 4.28. The lowest BCUT2D eigenvalue weighted by molar-refractivity contribution is -0.150. The number of amides is 1. The smallest absolute Gasteiger partial charge is 0.331 e. The van der Waals surface area contributed by atoms with Crippen LogP contribution >= 0.6 is 11.6 Å². The molecule has 6 nitrogen and oxygen atoms in total. The van der Waals surface area contributed by atoms with Crippen molar-refractivity contribution in [3.63, 3.8) is 0 Å². The third-order valence-corrected chi connectivity index (χ3v) is 4.68. The highest BCUT2D eigenvalue weighted by molar-refractivity contribution is 6.31. The van der Waals surface area contributed by atoms with Crippen molar-refractivity contribution < 1.29 is 14.3 Å². The van der Waals surface area contributed by atoms with Gasteiger partial charge in [-0.2, -0.15) is 5.10 Å². The normalized spacial score (nSPS) is 12.4. The zero-order chi connectivity index (χ0) is 21.6. The van der Waals surface area contributed by atoms with Crippen molar-refractivity contribution in [2.24, 2.45) is 5.92 Å². The SMILES string of the molecule is Cc1ccc(CNC(=O)[C@@H](C)OC(=O)/C=C/c2c(C)nn(CC(C)C)c2Cl)cc1. The highest BCUT2D eigenvalue weighted by atomic mass is 35.5. The van der Waals surface area contributed by atoms with Gasteiger partial charge in [-0.25, -0.2) is 4.79 Å². The molecule has 0 saturated carbocycles. The van der Waals surface area contributed by atoms with E-state index in [0.29, 0.717) is 29.7 Å². The Bertz CT molecular complexity index is 885. The van der Waals surface area contributed by atoms with E-state index >= 15 is 0 Å². The summed E-state index contributed by atoms with van der Waals surface area (Å²) < 4.78 is 6.90. The monoisotopic (exact) mass is 417 g/mol. The number of aryl methyl sites for hydroxylation is 2. The lowest BCUT2D eigenvalue weighted by Crippen LogP contribution is -2.35. The van der Waals surface area contributed by atoms with Gasteiger partial charge in [-0.1, -0.05) is 55.3 Å². The minimum Gasteiger partial charge on any atom is -0.449 e. The second-order valence-corrected chi connectivity index (χ2v) is 7.84. The number of carbonyl (C=O) groups is 2. The molecule has 1 amide bonds. The summed E-state index contributed by atoms with van der Waals surface area (Å²) in [7, 11) is 0. The van der Waals surface area contributed by atoms with Gasteiger partial charge in [-0.05, 0) is 38.3 Å². The largest absolute Gasteiger partial charge is 0.449 e. The van der Waals surface area contributed by atoms with Crippen LogP contribution in [0.25, 0.3) is 6.08 Å². The van der Waals surface area contributed by atoms with Gasteiger partial charge in [0.25, 0.3) is 5.91 Å². The molecule has 0 unspecified atom stereocenters. The van der Waals surface area contributed by atoms with Gasteiger partial charge in [0.15, 0.2) is 6.10 Å². The number of esters is 1. The molecule has 1 atom stereocenters. The molecule has 2 aromatic rings. The predicted molar refractivity (Wildman–Crippen MR) is 114 cm³/mol. The number of hydrogen-bond acceptors (Lipinski definition) is 4. The van der Waals surface area contributed by atoms with Crippen LogP contribution in [0.2, 0.25) is 5.15 Å². The summed E-state index contributed by atoms with van der Waals surface area (Å²) in [5.74, 6) is -0.575. The number of nitrogens with zero attached hydrogens (tertiary/aromatic N) is 2. The van der Waals surface area contributed by atoms with Crippen molar-refractivity contribution in [2.75, 3.05) is 0 Å². The van der Waals surface area contributed by atoms with E-state index < -0.39 is 12.1 Å². The van der Waals surface area contributed by atoms with Crippen LogP contribution in [-0.4, -0.2) is 27.8 Å². The second kappa shape index (κ2) is 10.3. The van der Waals surface area contributed by atoms with E-state index in [1.54, 1.807) is 10.8 Å². The highest BCUT2D eigenvalue weighted by Gasteiger charge is 2.17. The summed E-state index contributed by atoms with van der Waals surface area (Å²) in [5.41, 5.74) is 3.52. The van der Waals surface area contributed by atoms with Gasteiger partial charge in [0.2, 0.25) is 0 Å². The summed E-state index contributed by atoms with van der Waals surface area (Å²) in [4.78, 5) is 24.3. The van der Waals surface area contributed by atoms with Crippen LogP contribution in [0, 0.1) is 19.8 Å². The summed E-state index contributed by atoms with van der Waals surface area (Å²) in [6, 6.07) is 7.85. The van der Waals surface area contributed by atoms with Gasteiger partial charge in [0.05, 0.1) is 5.69 Å². The first kappa shape index (κ1) is 22.7. The molecular formula is C22H28ClN3O3. The van der Waals surface area contributed by atoms with Crippen LogP contribution in [0.3, 0.4) is 0 Å². The Balaban J connectivity index is 1.90. The van der Waals surface area contributed by atoms with E-state index in [0.717, 1.165) is 16.8 Å². The number of rotatable bonds is 8. The molecule has 156 valence electrons. The Morgan fingerprint density at radius 1 is 1.21 bits per heavy atom. The minimum absolute atomic E-state index is 0.355. The lowest BCUT2D eigenvalue weighted by Gasteiger charge is -2.12. The standard InChI is InChI=1S/C22H28ClN3O3/c1-14(2)13-26-21(23)19(16(4)25-26)10-11-20(27)29-17(5)22(28)24-12-18-8-6-15(3)7-9-18/h6-11,14,17H,12-13H2,1-5H3,(H,24,28)/b11-10+/t17-/m1/s1. The maximum atomic E-state index is 12.2. The maximum absolute atomic E-state index is 12.2. The fourth-order valence-electron chi connectivity index (χ4n) is 2.68. The molecule has 1 heterocycles. The van der Waals surface area contributed by atoms with Gasteiger partial charge in [-0.15, -0.1) is 0 Å². The molecule has 0 aliphatic rings. The molecule has 1 aromatic heterocycles. The van der Waals surface area contributed by atoms with Crippen LogP contribution in [0.1, 0.15) is 43.2 Å². The molecule has 0 spiro atoms. The van der Waals surface area contributed by atoms with E-state index in [2.05, 4.69) is 24.3 Å². The molecule has 0 saturated heterocycles. The number of ether oxygens (including phenoxy) is 1. The fraction of sp³-hybridized carbons (Fsp3) is 0.409. The van der Waals surface area contributed by atoms with Crippen LogP contribution in [0.5, 0.6) is 0 Å². The number of carbonyl (C=O) groups excluding carboxylic acids is 2. The zero-order valence-electron chi connectivity index (χ0n) is 17.5. The Kier molecular flexibility index (Phi) is 8.02. The quantitative estimate of drug-likeness (QED) is 0.519. The summed E-state index contributed by atoms with van der Waals surface area (Å²) in [6.07, 6.45) is 1.93. The number of benzene rings is 1. The van der Waals surface area contributed by atoms with Gasteiger partial charge in [-0.3, -0.25) is 9.48 Å². The molecule has 7 heteroatoms. The molecule has 29 heavy (non-hydrogen) atoms. The molecule has 0 fully saturated rings. The first-order valence-electron chi connectivity index (χ1n) is 9.62. The highest BCUT2D eigenvalue weighted by Crippen LogP contribution is 2.22. The molecule has 0 aliphatic carbocycles. The van der Waals surface area contributed by atoms with Gasteiger partial charge in [0, 0.05) is 24.7 Å². The van der Waals surface area contributed by atoms with Crippen LogP contribution in [0.4, 0.5) is 0 Å². The average Bonchev–Trinajstić information content (AvgIpc) is 2.91. The number of halogens is 1. The van der Waals surface area contributed by atoms with Crippen molar-refractivity contribution in [1.29, 1.82) is 0 Å². The first-order chi connectivity index (χ1) is 13.7. The Labute approximate surface area is 176 Å². The summed E-state index contributed by atoms with van der Waals surface area (Å²) in [6.45, 7) is 10.6. The summed E-state index contributed by atoms with van der Waals surface area (Å²) in [5, 5.41) is 7.63. The Hall–Kier alpha value is -2.60. The minimum atomic E-state index is -0.905. The van der Waals surface area contributed by atoms with E-state index in [9.17, 15) is 9.59 Å². The molecule has 0 aliphatic heterocycles. The fourth-order valence-corrected chi connectivity index (χ4v) is 2.99. The van der Waals surface area contributed by atoms with Crippen molar-refractivity contribution in [3.05, 3.63) is 57.9 Å². The maximum Gasteiger partial charge on any atom is 0.331 e. The number of hydrogen-bond donors (Lipinski definition) is 1. The van der Waals surface area contributed by atoms with Crippen molar-refractivity contribution >= 4 is 29.6 Å². The van der Waals surface area contributed by atoms with Gasteiger partial charge in [0.1, 0.15) is 5.15 Å². The Morgan fingerprint density at radius 2 is 1.86 bits per heavy atom. The molecular weight excluding hydrogens is 390 g/mol. The van der Waals surface area contributed by atoms with Crippen molar-refractivity contribution in [1.82, 2.24) is 15.1 Å². The van der Waals surface area contributed by atoms with Crippen LogP contribution in [-0.2, 0) is 27.4 Å². The van der Waals surface area contributed by atoms with E-state index in [1.807, 2.05) is 38.1 Å². The molecule has 1 aromatic carbocycles. The van der Waals surface area contributed by atoms with Crippen molar-refractivity contribution in [3.8, 4) is 0 Å². The predicted octanol–water partition coefficient (Wildman–Crippen LogP) is 4.07. The topological polar surface area (TPSA) is 73.2 Å².